The summed E-state index contributed by atoms with van der Waals surface area (Å²) in [5.41, 5.74) is 0.959. The number of methoxy groups -OCH3 is 2. The summed E-state index contributed by atoms with van der Waals surface area (Å²) in [5, 5.41) is 25.1. The van der Waals surface area contributed by atoms with Crippen molar-refractivity contribution in [2.75, 3.05) is 19.1 Å². The smallest absolute Gasteiger partial charge is 0.325 e. The Labute approximate surface area is 242 Å². The van der Waals surface area contributed by atoms with E-state index in [-0.39, 0.29) is 12.1 Å². The minimum Gasteiger partial charge on any atom is -0.496 e. The van der Waals surface area contributed by atoms with Gasteiger partial charge in [-0.15, -0.1) is 0 Å². The Morgan fingerprint density at radius 2 is 1.64 bits per heavy atom. The molecule has 2 amide bonds. The Morgan fingerprint density at radius 1 is 1.00 bits per heavy atom. The van der Waals surface area contributed by atoms with Gasteiger partial charge >= 0.3 is 5.97 Å². The lowest BCUT2D eigenvalue weighted by Crippen LogP contribution is -2.57. The quantitative estimate of drug-likeness (QED) is 0.220. The van der Waals surface area contributed by atoms with Crippen LogP contribution in [0.3, 0.4) is 0 Å². The number of amides is 2. The monoisotopic (exact) mass is 573 g/mol. The number of benzene rings is 3. The zero-order valence-electron chi connectivity index (χ0n) is 23.6. The van der Waals surface area contributed by atoms with E-state index in [9.17, 15) is 29.6 Å². The van der Waals surface area contributed by atoms with Gasteiger partial charge in [-0.05, 0) is 42.7 Å². The van der Waals surface area contributed by atoms with Crippen LogP contribution in [0.15, 0.2) is 60.7 Å². The molecule has 11 nitrogen and oxygen atoms in total. The lowest BCUT2D eigenvalue weighted by atomic mass is 9.76. The third-order valence-electron chi connectivity index (χ3n) is 8.41. The highest BCUT2D eigenvalue weighted by molar-refractivity contribution is 6.24. The number of aliphatic carboxylic acids is 1. The van der Waals surface area contributed by atoms with Crippen molar-refractivity contribution in [3.8, 4) is 11.5 Å². The molecule has 4 unspecified atom stereocenters. The zero-order valence-corrected chi connectivity index (χ0v) is 23.6. The van der Waals surface area contributed by atoms with Crippen molar-refractivity contribution in [2.24, 2.45) is 11.8 Å². The molecular weight excluding hydrogens is 542 g/mol. The van der Waals surface area contributed by atoms with Gasteiger partial charge in [-0.1, -0.05) is 37.3 Å². The van der Waals surface area contributed by atoms with Gasteiger partial charge in [0, 0.05) is 35.7 Å². The Balaban J connectivity index is 1.67. The molecule has 42 heavy (non-hydrogen) atoms. The summed E-state index contributed by atoms with van der Waals surface area (Å²) in [6.45, 7) is 3.78. The number of nitro benzene ring substituents is 1. The van der Waals surface area contributed by atoms with Gasteiger partial charge in [0.2, 0.25) is 11.8 Å². The second kappa shape index (κ2) is 10.9. The van der Waals surface area contributed by atoms with Gasteiger partial charge in [0.15, 0.2) is 0 Å². The fourth-order valence-electron chi connectivity index (χ4n) is 6.33. The summed E-state index contributed by atoms with van der Waals surface area (Å²) >= 11 is 0. The number of ether oxygens (including phenoxy) is 2. The number of carboxylic acid groups (broad SMARTS) is 1. The summed E-state index contributed by atoms with van der Waals surface area (Å²) in [5.74, 6) is -3.85. The molecule has 3 aromatic carbocycles. The SMILES string of the molecule is CCc1ccc(N2C(=O)C3C(c4ccc(OC)c(C)c4OC)NC(Cc4ccc([N+](=O)[O-])cc4)(C(=O)O)C3C2=O)cc1. The highest BCUT2D eigenvalue weighted by atomic mass is 16.6. The van der Waals surface area contributed by atoms with Crippen LogP contribution in [0, 0.1) is 28.9 Å². The first-order chi connectivity index (χ1) is 20.1. The summed E-state index contributed by atoms with van der Waals surface area (Å²) in [7, 11) is 2.99. The predicted octanol–water partition coefficient (Wildman–Crippen LogP) is 4.00. The largest absolute Gasteiger partial charge is 0.496 e. The number of nitrogens with zero attached hydrogens (tertiary/aromatic N) is 2. The number of fused-ring (bicyclic) bond motifs is 1. The third kappa shape index (κ3) is 4.46. The highest BCUT2D eigenvalue weighted by Crippen LogP contribution is 2.53. The molecule has 2 heterocycles. The van der Waals surface area contributed by atoms with E-state index in [1.807, 2.05) is 19.1 Å². The van der Waals surface area contributed by atoms with E-state index in [2.05, 4.69) is 5.32 Å². The number of nitrogens with one attached hydrogen (secondary N) is 1. The number of carbonyl (C=O) groups is 3. The van der Waals surface area contributed by atoms with Crippen molar-refractivity contribution in [1.29, 1.82) is 0 Å². The van der Waals surface area contributed by atoms with E-state index >= 15 is 0 Å². The van der Waals surface area contributed by atoms with Crippen molar-refractivity contribution in [3.05, 3.63) is 93.0 Å². The van der Waals surface area contributed by atoms with Crippen LogP contribution in [0.2, 0.25) is 0 Å². The van der Waals surface area contributed by atoms with Gasteiger partial charge < -0.3 is 14.6 Å². The molecule has 0 aliphatic carbocycles. The molecule has 218 valence electrons. The average molecular weight is 574 g/mol. The molecule has 2 aliphatic heterocycles. The fraction of sp³-hybridized carbons (Fsp3) is 0.323. The first kappa shape index (κ1) is 28.7. The number of hydrogen-bond acceptors (Lipinski definition) is 8. The standard InChI is InChI=1S/C31H31N3O8/c1-5-18-6-10-20(11-7-18)33-28(35)24-25(29(33)36)31(30(37)38,16-19-8-12-21(13-9-19)34(39)40)32-26(24)22-14-15-23(41-3)17(2)27(22)42-4/h6-15,24-26,32H,5,16H2,1-4H3,(H,37,38). The number of aryl methyl sites for hydroxylation is 1. The molecule has 5 rings (SSSR count). The van der Waals surface area contributed by atoms with E-state index in [4.69, 9.17) is 9.47 Å². The number of hydrogen-bond donors (Lipinski definition) is 2. The van der Waals surface area contributed by atoms with E-state index in [1.54, 1.807) is 31.2 Å². The number of nitro groups is 1. The van der Waals surface area contributed by atoms with Crippen LogP contribution in [0.25, 0.3) is 0 Å². The predicted molar refractivity (Wildman–Crippen MR) is 153 cm³/mol. The van der Waals surface area contributed by atoms with Crippen LogP contribution in [0.1, 0.15) is 35.2 Å². The zero-order chi connectivity index (χ0) is 30.3. The van der Waals surface area contributed by atoms with Gasteiger partial charge in [-0.2, -0.15) is 0 Å². The summed E-state index contributed by atoms with van der Waals surface area (Å²) in [6, 6.07) is 15.1. The van der Waals surface area contributed by atoms with E-state index in [0.29, 0.717) is 33.9 Å². The Kier molecular flexibility index (Phi) is 7.46. The van der Waals surface area contributed by atoms with Crippen molar-refractivity contribution < 1.29 is 33.9 Å². The first-order valence-electron chi connectivity index (χ1n) is 13.5. The molecule has 11 heteroatoms. The summed E-state index contributed by atoms with van der Waals surface area (Å²) in [6.07, 6.45) is 0.574. The molecular formula is C31H31N3O8. The number of carbonyl (C=O) groups excluding carboxylic acids is 2. The van der Waals surface area contributed by atoms with Crippen LogP contribution in [-0.4, -0.2) is 47.6 Å². The lowest BCUT2D eigenvalue weighted by Gasteiger charge is -2.31. The Bertz CT molecular complexity index is 1570. The van der Waals surface area contributed by atoms with E-state index < -0.39 is 46.1 Å². The number of rotatable bonds is 9. The fourth-order valence-corrected chi connectivity index (χ4v) is 6.33. The second-order valence-corrected chi connectivity index (χ2v) is 10.5. The van der Waals surface area contributed by atoms with Gasteiger partial charge in [-0.25, -0.2) is 4.90 Å². The molecule has 4 atom stereocenters. The molecule has 0 radical (unpaired) electrons. The molecule has 0 aromatic heterocycles. The van der Waals surface area contributed by atoms with Gasteiger partial charge in [0.25, 0.3) is 5.69 Å². The number of non-ortho nitro benzene ring substituents is 1. The molecule has 2 saturated heterocycles. The maximum Gasteiger partial charge on any atom is 0.325 e. The molecule has 0 saturated carbocycles. The van der Waals surface area contributed by atoms with Crippen molar-refractivity contribution >= 4 is 29.2 Å². The number of imide groups is 1. The molecule has 3 aromatic rings. The van der Waals surface area contributed by atoms with Crippen LogP contribution in [-0.2, 0) is 27.2 Å². The van der Waals surface area contributed by atoms with Crippen molar-refractivity contribution in [2.45, 2.75) is 38.3 Å². The van der Waals surface area contributed by atoms with Gasteiger partial charge in [0.1, 0.15) is 17.0 Å². The van der Waals surface area contributed by atoms with Crippen LogP contribution in [0.4, 0.5) is 11.4 Å². The molecule has 2 aliphatic rings. The van der Waals surface area contributed by atoms with Crippen molar-refractivity contribution in [1.82, 2.24) is 5.32 Å². The maximum absolute atomic E-state index is 14.2. The first-order valence-corrected chi connectivity index (χ1v) is 13.5. The van der Waals surface area contributed by atoms with Gasteiger partial charge in [0.05, 0.1) is 36.7 Å². The summed E-state index contributed by atoms with van der Waals surface area (Å²) < 4.78 is 11.2. The molecule has 0 bridgehead atoms. The summed E-state index contributed by atoms with van der Waals surface area (Å²) in [4.78, 5) is 53.3. The molecule has 2 N–H and O–H groups in total. The topological polar surface area (TPSA) is 148 Å². The minimum atomic E-state index is -1.91. The molecule has 0 spiro atoms. The maximum atomic E-state index is 14.2. The van der Waals surface area contributed by atoms with Crippen molar-refractivity contribution in [3.63, 3.8) is 0 Å². The lowest BCUT2D eigenvalue weighted by molar-refractivity contribution is -0.384. The van der Waals surface area contributed by atoms with Crippen LogP contribution in [0.5, 0.6) is 11.5 Å². The Hall–Kier alpha value is -4.77. The van der Waals surface area contributed by atoms with Crippen LogP contribution < -0.4 is 19.7 Å². The third-order valence-corrected chi connectivity index (χ3v) is 8.41. The van der Waals surface area contributed by atoms with E-state index in [1.165, 1.54) is 38.5 Å². The highest BCUT2D eigenvalue weighted by Gasteiger charge is 2.69. The van der Waals surface area contributed by atoms with Gasteiger partial charge in [-0.3, -0.25) is 29.8 Å². The normalized spacial score (nSPS) is 23.1. The molecule has 2 fully saturated rings. The second-order valence-electron chi connectivity index (χ2n) is 10.5. The minimum absolute atomic E-state index is 0.148. The number of carboxylic acids is 1. The van der Waals surface area contributed by atoms with E-state index in [0.717, 1.165) is 16.9 Å². The average Bonchev–Trinajstić information content (AvgIpc) is 3.46. The number of anilines is 1. The van der Waals surface area contributed by atoms with Crippen LogP contribution >= 0.6 is 0 Å². The Morgan fingerprint density at radius 3 is 2.19 bits per heavy atom.